The number of rotatable bonds is 2. The second-order valence-corrected chi connectivity index (χ2v) is 8.04. The molecule has 0 saturated carbocycles. The summed E-state index contributed by atoms with van der Waals surface area (Å²) in [7, 11) is 0. The van der Waals surface area contributed by atoms with Gasteiger partial charge in [0.15, 0.2) is 0 Å². The molecule has 0 bridgehead atoms. The number of esters is 1. The average molecular weight is 397 g/mol. The molecule has 0 fully saturated rings. The van der Waals surface area contributed by atoms with E-state index in [2.05, 4.69) is 26.0 Å². The lowest BCUT2D eigenvalue weighted by atomic mass is 9.88. The molecule has 0 saturated heterocycles. The van der Waals surface area contributed by atoms with Gasteiger partial charge in [-0.2, -0.15) is 0 Å². The molecule has 2 heterocycles. The van der Waals surface area contributed by atoms with E-state index in [1.165, 1.54) is 11.1 Å². The maximum absolute atomic E-state index is 13.3. The first-order chi connectivity index (χ1) is 14.5. The third kappa shape index (κ3) is 2.67. The Hall–Kier alpha value is -3.40. The molecule has 0 aromatic heterocycles. The Bertz CT molecular complexity index is 1210. The highest BCUT2D eigenvalue weighted by atomic mass is 16.5. The van der Waals surface area contributed by atoms with Crippen molar-refractivity contribution in [1.29, 1.82) is 0 Å². The minimum absolute atomic E-state index is 0.0363. The molecule has 150 valence electrons. The number of carbonyl (C=O) groups excluding carboxylic acids is 2. The fourth-order valence-corrected chi connectivity index (χ4v) is 4.69. The van der Waals surface area contributed by atoms with Crippen LogP contribution >= 0.6 is 0 Å². The number of aryl methyl sites for hydroxylation is 2. The van der Waals surface area contributed by atoms with Crippen LogP contribution in [-0.4, -0.2) is 23.4 Å². The van der Waals surface area contributed by atoms with Gasteiger partial charge in [0.05, 0.1) is 18.2 Å². The van der Waals surface area contributed by atoms with Crippen LogP contribution < -0.4 is 0 Å². The molecule has 2 aliphatic rings. The van der Waals surface area contributed by atoms with Crippen molar-refractivity contribution in [1.82, 2.24) is 4.90 Å². The molecule has 30 heavy (non-hydrogen) atoms. The highest BCUT2D eigenvalue weighted by Gasteiger charge is 2.41. The Morgan fingerprint density at radius 1 is 0.967 bits per heavy atom. The first-order valence-corrected chi connectivity index (χ1v) is 10.3. The van der Waals surface area contributed by atoms with Gasteiger partial charge in [-0.15, -0.1) is 0 Å². The summed E-state index contributed by atoms with van der Waals surface area (Å²) in [6, 6.07) is 17.7. The van der Waals surface area contributed by atoms with Crippen LogP contribution in [0.1, 0.15) is 61.5 Å². The van der Waals surface area contributed by atoms with Gasteiger partial charge in [0.1, 0.15) is 0 Å². The lowest BCUT2D eigenvalue weighted by Gasteiger charge is -2.25. The molecule has 3 aromatic carbocycles. The number of fused-ring (bicyclic) bond motifs is 7. The number of carbonyl (C=O) groups is 2. The molecular formula is C26H23NO3. The first kappa shape index (κ1) is 18.6. The Morgan fingerprint density at radius 3 is 2.53 bits per heavy atom. The molecule has 1 atom stereocenters. The van der Waals surface area contributed by atoms with Crippen LogP contribution in [0.25, 0.3) is 11.1 Å². The van der Waals surface area contributed by atoms with Crippen molar-refractivity contribution < 1.29 is 14.3 Å². The molecule has 2 aliphatic heterocycles. The van der Waals surface area contributed by atoms with E-state index in [0.29, 0.717) is 18.7 Å². The van der Waals surface area contributed by atoms with E-state index >= 15 is 0 Å². The van der Waals surface area contributed by atoms with Gasteiger partial charge in [0, 0.05) is 12.1 Å². The topological polar surface area (TPSA) is 46.6 Å². The summed E-state index contributed by atoms with van der Waals surface area (Å²) >= 11 is 0. The summed E-state index contributed by atoms with van der Waals surface area (Å²) in [6.45, 7) is 6.88. The predicted molar refractivity (Wildman–Crippen MR) is 115 cm³/mol. The van der Waals surface area contributed by atoms with Crippen molar-refractivity contribution >= 4 is 11.9 Å². The van der Waals surface area contributed by atoms with Crippen LogP contribution in [0.2, 0.25) is 0 Å². The van der Waals surface area contributed by atoms with Crippen LogP contribution in [0.5, 0.6) is 0 Å². The highest BCUT2D eigenvalue weighted by Crippen LogP contribution is 2.47. The van der Waals surface area contributed by atoms with Crippen molar-refractivity contribution in [2.75, 3.05) is 6.61 Å². The number of amides is 1. The molecule has 0 aliphatic carbocycles. The quantitative estimate of drug-likeness (QED) is 0.558. The van der Waals surface area contributed by atoms with Crippen LogP contribution in [0.4, 0.5) is 0 Å². The van der Waals surface area contributed by atoms with Gasteiger partial charge in [0.2, 0.25) is 0 Å². The summed E-state index contributed by atoms with van der Waals surface area (Å²) in [6.07, 6.45) is 0. The van der Waals surface area contributed by atoms with E-state index in [0.717, 1.165) is 33.4 Å². The number of benzene rings is 3. The van der Waals surface area contributed by atoms with Gasteiger partial charge in [-0.3, -0.25) is 4.79 Å². The summed E-state index contributed by atoms with van der Waals surface area (Å²) in [5, 5.41) is 0. The Labute approximate surface area is 176 Å². The number of ether oxygens (including phenoxy) is 1. The Balaban J connectivity index is 1.80. The van der Waals surface area contributed by atoms with E-state index in [1.54, 1.807) is 6.92 Å². The number of hydrogen-bond donors (Lipinski definition) is 0. The molecule has 4 heteroatoms. The van der Waals surface area contributed by atoms with Crippen molar-refractivity contribution in [3.8, 4) is 11.1 Å². The van der Waals surface area contributed by atoms with E-state index in [4.69, 9.17) is 4.74 Å². The fourth-order valence-electron chi connectivity index (χ4n) is 4.69. The highest BCUT2D eigenvalue weighted by molar-refractivity contribution is 6.01. The molecule has 4 nitrogen and oxygen atoms in total. The molecular weight excluding hydrogens is 374 g/mol. The number of nitrogens with zero attached hydrogens (tertiary/aromatic N) is 1. The zero-order chi connectivity index (χ0) is 21.0. The predicted octanol–water partition coefficient (Wildman–Crippen LogP) is 5.21. The molecule has 1 amide bonds. The lowest BCUT2D eigenvalue weighted by Crippen LogP contribution is -2.27. The van der Waals surface area contributed by atoms with Crippen LogP contribution in [0.15, 0.2) is 54.6 Å². The van der Waals surface area contributed by atoms with E-state index in [9.17, 15) is 9.59 Å². The minimum Gasteiger partial charge on any atom is -0.462 e. The third-order valence-electron chi connectivity index (χ3n) is 6.27. The maximum Gasteiger partial charge on any atom is 0.338 e. The van der Waals surface area contributed by atoms with Crippen LogP contribution in [-0.2, 0) is 11.3 Å². The molecule has 0 radical (unpaired) electrons. The summed E-state index contributed by atoms with van der Waals surface area (Å²) in [5.41, 5.74) is 8.96. The van der Waals surface area contributed by atoms with Gasteiger partial charge in [-0.25, -0.2) is 4.79 Å². The van der Waals surface area contributed by atoms with Gasteiger partial charge in [-0.05, 0) is 77.9 Å². The number of hydrogen-bond acceptors (Lipinski definition) is 3. The second-order valence-electron chi connectivity index (χ2n) is 8.04. The minimum atomic E-state index is -0.339. The zero-order valence-corrected chi connectivity index (χ0v) is 17.4. The largest absolute Gasteiger partial charge is 0.462 e. The van der Waals surface area contributed by atoms with Crippen LogP contribution in [0, 0.1) is 13.8 Å². The first-order valence-electron chi connectivity index (χ1n) is 10.3. The Morgan fingerprint density at radius 2 is 1.73 bits per heavy atom. The summed E-state index contributed by atoms with van der Waals surface area (Å²) in [4.78, 5) is 27.7. The van der Waals surface area contributed by atoms with Gasteiger partial charge < -0.3 is 9.64 Å². The fraction of sp³-hybridized carbons (Fsp3) is 0.231. The molecule has 5 rings (SSSR count). The maximum atomic E-state index is 13.3. The molecule has 1 unspecified atom stereocenters. The van der Waals surface area contributed by atoms with Crippen molar-refractivity contribution in [2.45, 2.75) is 33.4 Å². The lowest BCUT2D eigenvalue weighted by molar-refractivity contribution is 0.0526. The van der Waals surface area contributed by atoms with E-state index in [-0.39, 0.29) is 17.9 Å². The van der Waals surface area contributed by atoms with Gasteiger partial charge in [0.25, 0.3) is 5.91 Å². The van der Waals surface area contributed by atoms with Crippen molar-refractivity contribution in [3.05, 3.63) is 93.5 Å². The van der Waals surface area contributed by atoms with Crippen molar-refractivity contribution in [3.63, 3.8) is 0 Å². The monoisotopic (exact) mass is 397 g/mol. The zero-order valence-electron chi connectivity index (χ0n) is 17.4. The average Bonchev–Trinajstić information content (AvgIpc) is 2.94. The molecule has 0 N–H and O–H groups in total. The normalized spacial score (nSPS) is 16.3. The third-order valence-corrected chi connectivity index (χ3v) is 6.27. The van der Waals surface area contributed by atoms with Crippen molar-refractivity contribution in [2.24, 2.45) is 0 Å². The smallest absolute Gasteiger partial charge is 0.338 e. The van der Waals surface area contributed by atoms with Crippen LogP contribution in [0.3, 0.4) is 0 Å². The Kier molecular flexibility index (Phi) is 4.24. The van der Waals surface area contributed by atoms with Gasteiger partial charge in [-0.1, -0.05) is 36.4 Å². The van der Waals surface area contributed by atoms with Gasteiger partial charge >= 0.3 is 5.97 Å². The molecule has 0 spiro atoms. The summed E-state index contributed by atoms with van der Waals surface area (Å²) in [5.74, 6) is -0.303. The summed E-state index contributed by atoms with van der Waals surface area (Å²) < 4.78 is 5.24. The second kappa shape index (κ2) is 6.84. The van der Waals surface area contributed by atoms with E-state index < -0.39 is 0 Å². The SMILES string of the molecule is CCOC(=O)c1ccc2c(c1)C1c3ccccc3C(=O)N1Cc1cc(C)c(C)cc1-2. The van der Waals surface area contributed by atoms with E-state index in [1.807, 2.05) is 47.4 Å². The molecule has 3 aromatic rings. The standard InChI is InChI=1S/C26H23NO3/c1-4-30-26(29)17-9-10-19-22-12-16(3)15(2)11-18(22)14-27-24(23(19)13-17)20-7-5-6-8-21(20)25(27)28/h5-13,24H,4,14H2,1-3H3.